The summed E-state index contributed by atoms with van der Waals surface area (Å²) in [7, 11) is 2.03. The van der Waals surface area contributed by atoms with Gasteiger partial charge in [-0.25, -0.2) is 0 Å². The van der Waals surface area contributed by atoms with Gasteiger partial charge in [0.05, 0.1) is 0 Å². The van der Waals surface area contributed by atoms with Crippen LogP contribution in [0.2, 0.25) is 0 Å². The van der Waals surface area contributed by atoms with E-state index in [1.54, 1.807) is 0 Å². The molecule has 1 heterocycles. The lowest BCUT2D eigenvalue weighted by atomic mass is 10.0. The lowest BCUT2D eigenvalue weighted by molar-refractivity contribution is -0.134. The van der Waals surface area contributed by atoms with Crippen LogP contribution in [0.3, 0.4) is 0 Å². The van der Waals surface area contributed by atoms with Crippen LogP contribution in [0.1, 0.15) is 38.5 Å². The van der Waals surface area contributed by atoms with Crippen molar-refractivity contribution < 1.29 is 4.79 Å². The van der Waals surface area contributed by atoms with E-state index in [1.165, 1.54) is 25.7 Å². The summed E-state index contributed by atoms with van der Waals surface area (Å²) in [5.74, 6) is 2.35. The number of halogens is 1. The van der Waals surface area contributed by atoms with Gasteiger partial charge in [-0.05, 0) is 50.6 Å². The number of nitrogens with zero attached hydrogens (tertiary/aromatic N) is 1. The van der Waals surface area contributed by atoms with Gasteiger partial charge in [-0.15, -0.1) is 12.4 Å². The van der Waals surface area contributed by atoms with Gasteiger partial charge in [0.25, 0.3) is 0 Å². The minimum Gasteiger partial charge on any atom is -0.342 e. The molecule has 2 saturated carbocycles. The third-order valence-electron chi connectivity index (χ3n) is 5.15. The first kappa shape index (κ1) is 14.1. The third kappa shape index (κ3) is 2.53. The number of piperidine rings is 1. The monoisotopic (exact) mass is 272 g/mol. The molecule has 1 saturated heterocycles. The maximum atomic E-state index is 12.5. The minimum absolute atomic E-state index is 0. The topological polar surface area (TPSA) is 32.3 Å². The Morgan fingerprint density at radius 3 is 2.17 bits per heavy atom. The highest BCUT2D eigenvalue weighted by Crippen LogP contribution is 2.56. The van der Waals surface area contributed by atoms with Gasteiger partial charge in [0.2, 0.25) is 5.91 Å². The number of hydrogen-bond donors (Lipinski definition) is 1. The Labute approximate surface area is 116 Å². The molecule has 0 aromatic rings. The van der Waals surface area contributed by atoms with Crippen LogP contribution in [0.15, 0.2) is 0 Å². The van der Waals surface area contributed by atoms with E-state index in [0.29, 0.717) is 17.9 Å². The number of rotatable bonds is 2. The van der Waals surface area contributed by atoms with Gasteiger partial charge in [0.1, 0.15) is 0 Å². The Morgan fingerprint density at radius 1 is 1.06 bits per heavy atom. The number of hydrogen-bond acceptors (Lipinski definition) is 2. The van der Waals surface area contributed by atoms with Gasteiger partial charge in [0, 0.05) is 19.0 Å². The first-order chi connectivity index (χ1) is 8.29. The fraction of sp³-hybridized carbons (Fsp3) is 0.929. The maximum Gasteiger partial charge on any atom is 0.226 e. The van der Waals surface area contributed by atoms with Crippen molar-refractivity contribution in [2.45, 2.75) is 44.6 Å². The quantitative estimate of drug-likeness (QED) is 0.835. The summed E-state index contributed by atoms with van der Waals surface area (Å²) in [5, 5.41) is 3.37. The number of carbonyl (C=O) groups is 1. The molecule has 1 N–H and O–H groups in total. The predicted octanol–water partition coefficient (Wildman–Crippen LogP) is 2.05. The van der Waals surface area contributed by atoms with E-state index in [1.807, 2.05) is 7.05 Å². The second-order valence-corrected chi connectivity index (χ2v) is 6.07. The molecule has 104 valence electrons. The number of carbonyl (C=O) groups excluding carboxylic acids is 1. The molecule has 0 bridgehead atoms. The van der Waals surface area contributed by atoms with E-state index in [0.717, 1.165) is 37.8 Å². The van der Waals surface area contributed by atoms with Crippen molar-refractivity contribution >= 4 is 18.3 Å². The smallest absolute Gasteiger partial charge is 0.226 e. The van der Waals surface area contributed by atoms with Crippen molar-refractivity contribution in [1.29, 1.82) is 0 Å². The molecular formula is C14H25ClN2O. The molecule has 4 heteroatoms. The van der Waals surface area contributed by atoms with Crippen LogP contribution in [-0.2, 0) is 4.79 Å². The zero-order chi connectivity index (χ0) is 11.8. The SMILES string of the molecule is CN(C(=O)C1C2CCCCC21)C1CCNCC1.Cl. The highest BCUT2D eigenvalue weighted by Gasteiger charge is 2.55. The fourth-order valence-electron chi connectivity index (χ4n) is 3.97. The van der Waals surface area contributed by atoms with Crippen LogP contribution in [0.5, 0.6) is 0 Å². The van der Waals surface area contributed by atoms with Crippen molar-refractivity contribution in [3.63, 3.8) is 0 Å². The Kier molecular flexibility index (Phi) is 4.54. The summed E-state index contributed by atoms with van der Waals surface area (Å²) >= 11 is 0. The highest BCUT2D eigenvalue weighted by atomic mass is 35.5. The van der Waals surface area contributed by atoms with Crippen LogP contribution in [0.4, 0.5) is 0 Å². The number of amides is 1. The van der Waals surface area contributed by atoms with Crippen molar-refractivity contribution in [1.82, 2.24) is 10.2 Å². The maximum absolute atomic E-state index is 12.5. The fourth-order valence-corrected chi connectivity index (χ4v) is 3.97. The highest BCUT2D eigenvalue weighted by molar-refractivity contribution is 5.85. The Bertz CT molecular complexity index is 292. The van der Waals surface area contributed by atoms with Gasteiger partial charge in [-0.1, -0.05) is 12.8 Å². The molecule has 0 aromatic carbocycles. The van der Waals surface area contributed by atoms with E-state index >= 15 is 0 Å². The zero-order valence-corrected chi connectivity index (χ0v) is 12.0. The molecule has 2 aliphatic carbocycles. The summed E-state index contributed by atoms with van der Waals surface area (Å²) in [4.78, 5) is 14.5. The van der Waals surface area contributed by atoms with E-state index in [-0.39, 0.29) is 12.4 Å². The Morgan fingerprint density at radius 2 is 1.61 bits per heavy atom. The molecular weight excluding hydrogens is 248 g/mol. The predicted molar refractivity (Wildman–Crippen MR) is 74.8 cm³/mol. The lowest BCUT2D eigenvalue weighted by Gasteiger charge is -2.32. The van der Waals surface area contributed by atoms with Gasteiger partial charge in [0.15, 0.2) is 0 Å². The van der Waals surface area contributed by atoms with E-state index in [2.05, 4.69) is 10.2 Å². The van der Waals surface area contributed by atoms with E-state index in [9.17, 15) is 4.79 Å². The lowest BCUT2D eigenvalue weighted by Crippen LogP contribution is -2.44. The molecule has 3 rings (SSSR count). The number of nitrogens with one attached hydrogen (secondary N) is 1. The molecule has 2 atom stereocenters. The second-order valence-electron chi connectivity index (χ2n) is 6.07. The molecule has 0 spiro atoms. The van der Waals surface area contributed by atoms with Crippen molar-refractivity contribution in [3.8, 4) is 0 Å². The van der Waals surface area contributed by atoms with Gasteiger partial charge in [-0.3, -0.25) is 4.79 Å². The van der Waals surface area contributed by atoms with Crippen molar-refractivity contribution in [3.05, 3.63) is 0 Å². The normalized spacial score (nSPS) is 35.3. The Hall–Kier alpha value is -0.280. The average molecular weight is 273 g/mol. The molecule has 1 aliphatic heterocycles. The Balaban J connectivity index is 0.00000120. The molecule has 18 heavy (non-hydrogen) atoms. The summed E-state index contributed by atoms with van der Waals surface area (Å²) in [6, 6.07) is 0.492. The molecule has 3 aliphatic rings. The first-order valence-corrected chi connectivity index (χ1v) is 7.26. The number of fused-ring (bicyclic) bond motifs is 1. The van der Waals surface area contributed by atoms with E-state index < -0.39 is 0 Å². The van der Waals surface area contributed by atoms with E-state index in [4.69, 9.17) is 0 Å². The minimum atomic E-state index is 0. The standard InChI is InChI=1S/C14H24N2O.ClH/c1-16(10-6-8-15-9-7-10)14(17)13-11-4-2-3-5-12(11)13;/h10-13,15H,2-9H2,1H3;1H. The summed E-state index contributed by atoms with van der Waals surface area (Å²) < 4.78 is 0. The van der Waals surface area contributed by atoms with Crippen LogP contribution >= 0.6 is 12.4 Å². The second kappa shape index (κ2) is 5.79. The first-order valence-electron chi connectivity index (χ1n) is 7.26. The molecule has 3 nitrogen and oxygen atoms in total. The summed E-state index contributed by atoms with van der Waals surface area (Å²) in [6.07, 6.45) is 7.57. The average Bonchev–Trinajstić information content (AvgIpc) is 3.12. The molecule has 0 radical (unpaired) electrons. The van der Waals surface area contributed by atoms with Crippen LogP contribution in [0.25, 0.3) is 0 Å². The van der Waals surface area contributed by atoms with Gasteiger partial charge >= 0.3 is 0 Å². The van der Waals surface area contributed by atoms with Crippen LogP contribution in [-0.4, -0.2) is 37.0 Å². The van der Waals surface area contributed by atoms with Crippen LogP contribution in [0, 0.1) is 17.8 Å². The zero-order valence-electron chi connectivity index (χ0n) is 11.2. The largest absolute Gasteiger partial charge is 0.342 e. The summed E-state index contributed by atoms with van der Waals surface area (Å²) in [5.41, 5.74) is 0. The summed E-state index contributed by atoms with van der Waals surface area (Å²) in [6.45, 7) is 2.14. The van der Waals surface area contributed by atoms with Crippen LogP contribution < -0.4 is 5.32 Å². The molecule has 1 amide bonds. The van der Waals surface area contributed by atoms with Gasteiger partial charge in [-0.2, -0.15) is 0 Å². The third-order valence-corrected chi connectivity index (χ3v) is 5.15. The van der Waals surface area contributed by atoms with Crippen molar-refractivity contribution in [2.24, 2.45) is 17.8 Å². The molecule has 3 fully saturated rings. The molecule has 2 unspecified atom stereocenters. The van der Waals surface area contributed by atoms with Gasteiger partial charge < -0.3 is 10.2 Å². The van der Waals surface area contributed by atoms with Crippen molar-refractivity contribution in [2.75, 3.05) is 20.1 Å². The molecule has 0 aromatic heterocycles.